The fraction of sp³-hybridized carbons (Fsp3) is 0.931. The third-order valence-electron chi connectivity index (χ3n) is 6.55. The van der Waals surface area contributed by atoms with Gasteiger partial charge in [-0.25, -0.2) is 0 Å². The molecule has 0 aliphatic carbocycles. The van der Waals surface area contributed by atoms with Crippen LogP contribution in [0.15, 0.2) is 0 Å². The van der Waals surface area contributed by atoms with Gasteiger partial charge < -0.3 is 33.9 Å². The lowest BCUT2D eigenvalue weighted by molar-refractivity contribution is -0.133. The van der Waals surface area contributed by atoms with Crippen LogP contribution in [-0.4, -0.2) is 138 Å². The van der Waals surface area contributed by atoms with Crippen LogP contribution in [0, 0.1) is 5.41 Å². The number of nitrogens with zero attached hydrogens (tertiary/aromatic N) is 2. The minimum atomic E-state index is -0.149. The summed E-state index contributed by atoms with van der Waals surface area (Å²) in [6.45, 7) is 20.6. The highest BCUT2D eigenvalue weighted by Gasteiger charge is 2.25. The molecule has 11 heteroatoms. The molecule has 0 saturated carbocycles. The first-order chi connectivity index (χ1) is 19.0. The van der Waals surface area contributed by atoms with Gasteiger partial charge in [0.15, 0.2) is 0 Å². The molecule has 10 nitrogen and oxygen atoms in total. The Morgan fingerprint density at radius 2 is 1.30 bits per heavy atom. The van der Waals surface area contributed by atoms with Crippen LogP contribution in [0.5, 0.6) is 0 Å². The summed E-state index contributed by atoms with van der Waals surface area (Å²) in [5, 5.41) is 2.89. The van der Waals surface area contributed by atoms with Gasteiger partial charge in [0.1, 0.15) is 0 Å². The van der Waals surface area contributed by atoms with E-state index >= 15 is 0 Å². The lowest BCUT2D eigenvalue weighted by Gasteiger charge is -2.35. The summed E-state index contributed by atoms with van der Waals surface area (Å²) in [4.78, 5) is 29.2. The zero-order valence-corrected chi connectivity index (χ0v) is 26.9. The predicted molar refractivity (Wildman–Crippen MR) is 161 cm³/mol. The Morgan fingerprint density at radius 1 is 0.750 bits per heavy atom. The van der Waals surface area contributed by atoms with Crippen molar-refractivity contribution in [3.63, 3.8) is 0 Å². The number of amides is 2. The summed E-state index contributed by atoms with van der Waals surface area (Å²) in [6, 6.07) is 0. The van der Waals surface area contributed by atoms with Crippen LogP contribution in [0.2, 0.25) is 0 Å². The molecule has 40 heavy (non-hydrogen) atoms. The van der Waals surface area contributed by atoms with E-state index in [2.05, 4.69) is 44.8 Å². The van der Waals surface area contributed by atoms with Crippen LogP contribution in [0.3, 0.4) is 0 Å². The summed E-state index contributed by atoms with van der Waals surface area (Å²) >= 11 is 1.59. The molecule has 1 rings (SSSR count). The van der Waals surface area contributed by atoms with Crippen molar-refractivity contribution < 1.29 is 33.3 Å². The monoisotopic (exact) mass is 591 g/mol. The van der Waals surface area contributed by atoms with Crippen molar-refractivity contribution in [2.45, 2.75) is 58.6 Å². The summed E-state index contributed by atoms with van der Waals surface area (Å²) in [6.07, 6.45) is 2.29. The fourth-order valence-corrected chi connectivity index (χ4v) is 4.66. The number of methoxy groups -OCH3 is 1. The van der Waals surface area contributed by atoms with Gasteiger partial charge in [0.25, 0.3) is 0 Å². The van der Waals surface area contributed by atoms with E-state index in [1.165, 1.54) is 0 Å². The molecule has 1 saturated heterocycles. The summed E-state index contributed by atoms with van der Waals surface area (Å²) in [5.74, 6) is 0.551. The predicted octanol–water partition coefficient (Wildman–Crippen LogP) is 2.69. The molecular weight excluding hydrogens is 534 g/mol. The standard InChI is InChI=1S/C29H57N3O7S/c1-28(2,3)9-16-36-19-21-38-23-24-39-22-20-37-17-10-30-26(33)25-40-29(4,5)8-7-27(34)32-13-11-31(12-14-32)15-18-35-6/h7-25H2,1-6H3,(H,30,33). The molecule has 2 amide bonds. The van der Waals surface area contributed by atoms with E-state index in [-0.39, 0.29) is 16.6 Å². The first-order valence-corrected chi connectivity index (χ1v) is 15.7. The SMILES string of the molecule is COCCN1CCN(C(=O)CCC(C)(C)SCC(=O)NCCOCCOCCOCCOCCC(C)(C)C)CC1. The summed E-state index contributed by atoms with van der Waals surface area (Å²) < 4.78 is 27.0. The van der Waals surface area contributed by atoms with Crippen LogP contribution in [0.1, 0.15) is 53.9 Å². The molecule has 0 aromatic rings. The number of ether oxygens (including phenoxy) is 5. The fourth-order valence-electron chi connectivity index (χ4n) is 3.79. The number of piperazine rings is 1. The number of carbonyl (C=O) groups excluding carboxylic acids is 2. The molecule has 236 valence electrons. The Bertz CT molecular complexity index is 669. The zero-order chi connectivity index (χ0) is 29.7. The molecule has 0 spiro atoms. The first kappa shape index (κ1) is 37.1. The zero-order valence-electron chi connectivity index (χ0n) is 26.1. The van der Waals surface area contributed by atoms with Crippen molar-refractivity contribution in [1.82, 2.24) is 15.1 Å². The molecular formula is C29H57N3O7S. The van der Waals surface area contributed by atoms with Crippen LogP contribution < -0.4 is 5.32 Å². The van der Waals surface area contributed by atoms with Crippen molar-refractivity contribution in [3.8, 4) is 0 Å². The van der Waals surface area contributed by atoms with Crippen molar-refractivity contribution >= 4 is 23.6 Å². The number of carbonyl (C=O) groups is 2. The highest BCUT2D eigenvalue weighted by molar-refractivity contribution is 8.01. The van der Waals surface area contributed by atoms with Gasteiger partial charge in [0.2, 0.25) is 11.8 Å². The Labute approximate surface area is 247 Å². The maximum Gasteiger partial charge on any atom is 0.230 e. The molecule has 0 bridgehead atoms. The van der Waals surface area contributed by atoms with Gasteiger partial charge in [-0.05, 0) is 18.3 Å². The average Bonchev–Trinajstić information content (AvgIpc) is 2.91. The number of thioether (sulfide) groups is 1. The number of hydrogen-bond donors (Lipinski definition) is 1. The summed E-state index contributed by atoms with van der Waals surface area (Å²) in [5.41, 5.74) is 0.295. The second kappa shape index (κ2) is 21.7. The van der Waals surface area contributed by atoms with Crippen molar-refractivity contribution in [2.75, 3.05) is 112 Å². The number of nitrogens with one attached hydrogen (secondary N) is 1. The van der Waals surface area contributed by atoms with E-state index < -0.39 is 0 Å². The Morgan fingerprint density at radius 3 is 1.85 bits per heavy atom. The highest BCUT2D eigenvalue weighted by atomic mass is 32.2. The lowest BCUT2D eigenvalue weighted by Crippen LogP contribution is -2.49. The second-order valence-corrected chi connectivity index (χ2v) is 13.6. The minimum absolute atomic E-state index is 0.0176. The second-order valence-electron chi connectivity index (χ2n) is 11.9. The topological polar surface area (TPSA) is 98.8 Å². The van der Waals surface area contributed by atoms with Gasteiger partial charge in [-0.1, -0.05) is 34.6 Å². The van der Waals surface area contributed by atoms with E-state index in [1.54, 1.807) is 18.9 Å². The van der Waals surface area contributed by atoms with E-state index in [0.29, 0.717) is 70.4 Å². The Balaban J connectivity index is 1.94. The van der Waals surface area contributed by atoms with E-state index in [4.69, 9.17) is 23.7 Å². The molecule has 0 radical (unpaired) electrons. The van der Waals surface area contributed by atoms with Crippen LogP contribution in [0.4, 0.5) is 0 Å². The van der Waals surface area contributed by atoms with E-state index in [1.807, 2.05) is 4.90 Å². The van der Waals surface area contributed by atoms with Crippen molar-refractivity contribution in [2.24, 2.45) is 5.41 Å². The van der Waals surface area contributed by atoms with E-state index in [0.717, 1.165) is 58.8 Å². The first-order valence-electron chi connectivity index (χ1n) is 14.7. The van der Waals surface area contributed by atoms with Crippen LogP contribution >= 0.6 is 11.8 Å². The molecule has 0 atom stereocenters. The van der Waals surface area contributed by atoms with Crippen molar-refractivity contribution in [1.29, 1.82) is 0 Å². The maximum atomic E-state index is 12.6. The Hall–Kier alpha value is -0.950. The number of hydrogen-bond acceptors (Lipinski definition) is 9. The molecule has 0 unspecified atom stereocenters. The van der Waals surface area contributed by atoms with Crippen LogP contribution in [0.25, 0.3) is 0 Å². The van der Waals surface area contributed by atoms with Gasteiger partial charge in [-0.15, -0.1) is 11.8 Å². The molecule has 0 aromatic carbocycles. The Kier molecular flexibility index (Phi) is 20.1. The minimum Gasteiger partial charge on any atom is -0.383 e. The largest absolute Gasteiger partial charge is 0.383 e. The van der Waals surface area contributed by atoms with Crippen LogP contribution in [-0.2, 0) is 33.3 Å². The van der Waals surface area contributed by atoms with Crippen molar-refractivity contribution in [3.05, 3.63) is 0 Å². The quantitative estimate of drug-likeness (QED) is 0.180. The molecule has 1 heterocycles. The van der Waals surface area contributed by atoms with Gasteiger partial charge in [0, 0.05) is 64.2 Å². The molecule has 0 aromatic heterocycles. The molecule has 1 aliphatic rings. The highest BCUT2D eigenvalue weighted by Crippen LogP contribution is 2.29. The van der Waals surface area contributed by atoms with Gasteiger partial charge in [-0.2, -0.15) is 0 Å². The van der Waals surface area contributed by atoms with Gasteiger partial charge >= 0.3 is 0 Å². The third kappa shape index (κ3) is 20.9. The summed E-state index contributed by atoms with van der Waals surface area (Å²) in [7, 11) is 1.71. The third-order valence-corrected chi connectivity index (χ3v) is 7.94. The smallest absolute Gasteiger partial charge is 0.230 e. The number of rotatable bonds is 23. The lowest BCUT2D eigenvalue weighted by atomic mass is 9.93. The molecule has 1 N–H and O–H groups in total. The maximum absolute atomic E-state index is 12.6. The van der Waals surface area contributed by atoms with Gasteiger partial charge in [-0.3, -0.25) is 14.5 Å². The average molecular weight is 592 g/mol. The molecule has 1 fully saturated rings. The van der Waals surface area contributed by atoms with E-state index in [9.17, 15) is 9.59 Å². The van der Waals surface area contributed by atoms with Gasteiger partial charge in [0.05, 0.1) is 58.6 Å². The normalized spacial score (nSPS) is 15.0. The molecule has 1 aliphatic heterocycles.